The maximum absolute atomic E-state index is 5.60. The number of aromatic nitrogens is 2. The van der Waals surface area contributed by atoms with Gasteiger partial charge in [0.15, 0.2) is 5.95 Å². The van der Waals surface area contributed by atoms with Gasteiger partial charge < -0.3 is 15.5 Å². The number of anilines is 1. The highest BCUT2D eigenvalue weighted by Gasteiger charge is 2.17. The van der Waals surface area contributed by atoms with Crippen LogP contribution in [0.5, 0.6) is 5.75 Å². The summed E-state index contributed by atoms with van der Waals surface area (Å²) in [5.41, 5.74) is 8.75. The highest BCUT2D eigenvalue weighted by atomic mass is 16.5. The fourth-order valence-corrected chi connectivity index (χ4v) is 1.90. The van der Waals surface area contributed by atoms with E-state index >= 15 is 0 Å². The maximum Gasteiger partial charge on any atom is 0.197 e. The van der Waals surface area contributed by atoms with Gasteiger partial charge in [0.05, 0.1) is 18.5 Å². The van der Waals surface area contributed by atoms with Gasteiger partial charge in [0.1, 0.15) is 5.75 Å². The zero-order valence-corrected chi connectivity index (χ0v) is 8.16. The molecule has 0 amide bonds. The third-order valence-corrected chi connectivity index (χ3v) is 2.60. The standard InChI is InChI=1S/C11H11N3O/c12-11-13-6-9(14-11)8-3-1-2-7-4-5-15-10(7)8/h1-3,6H,4-5H2,(H3,12,13,14). The number of nitrogens with one attached hydrogen (secondary N) is 1. The van der Waals surface area contributed by atoms with Crippen molar-refractivity contribution in [1.29, 1.82) is 0 Å². The Morgan fingerprint density at radius 1 is 1.40 bits per heavy atom. The molecule has 0 fully saturated rings. The molecule has 4 nitrogen and oxygen atoms in total. The van der Waals surface area contributed by atoms with Gasteiger partial charge in [0.2, 0.25) is 0 Å². The molecule has 3 rings (SSSR count). The largest absolute Gasteiger partial charge is 0.492 e. The predicted octanol–water partition coefficient (Wildman–Crippen LogP) is 1.59. The number of para-hydroxylation sites is 1. The van der Waals surface area contributed by atoms with Crippen LogP contribution in [0.15, 0.2) is 24.4 Å². The maximum atomic E-state index is 5.60. The van der Waals surface area contributed by atoms with Crippen molar-refractivity contribution in [3.05, 3.63) is 30.0 Å². The second-order valence-electron chi connectivity index (χ2n) is 3.57. The number of fused-ring (bicyclic) bond motifs is 1. The molecule has 76 valence electrons. The van der Waals surface area contributed by atoms with Crippen molar-refractivity contribution in [3.63, 3.8) is 0 Å². The Morgan fingerprint density at radius 2 is 2.33 bits per heavy atom. The fraction of sp³-hybridized carbons (Fsp3) is 0.182. The third kappa shape index (κ3) is 1.26. The molecule has 0 bridgehead atoms. The smallest absolute Gasteiger partial charge is 0.197 e. The lowest BCUT2D eigenvalue weighted by Gasteiger charge is -2.05. The molecule has 0 unspecified atom stereocenters. The summed E-state index contributed by atoms with van der Waals surface area (Å²) in [6.07, 6.45) is 2.71. The lowest BCUT2D eigenvalue weighted by Crippen LogP contribution is -1.89. The van der Waals surface area contributed by atoms with E-state index in [9.17, 15) is 0 Å². The van der Waals surface area contributed by atoms with E-state index in [-0.39, 0.29) is 0 Å². The third-order valence-electron chi connectivity index (χ3n) is 2.60. The topological polar surface area (TPSA) is 63.9 Å². The lowest BCUT2D eigenvalue weighted by atomic mass is 10.1. The molecule has 0 saturated heterocycles. The van der Waals surface area contributed by atoms with Crippen molar-refractivity contribution in [2.24, 2.45) is 0 Å². The van der Waals surface area contributed by atoms with E-state index in [0.717, 1.165) is 30.0 Å². The minimum absolute atomic E-state index is 0.431. The molecule has 0 atom stereocenters. The average Bonchev–Trinajstić information content (AvgIpc) is 2.84. The van der Waals surface area contributed by atoms with E-state index in [4.69, 9.17) is 10.5 Å². The lowest BCUT2D eigenvalue weighted by molar-refractivity contribution is 0.358. The first-order valence-electron chi connectivity index (χ1n) is 4.90. The summed E-state index contributed by atoms with van der Waals surface area (Å²) in [5, 5.41) is 0. The molecule has 4 heteroatoms. The van der Waals surface area contributed by atoms with Crippen LogP contribution in [-0.2, 0) is 6.42 Å². The van der Waals surface area contributed by atoms with Gasteiger partial charge in [-0.15, -0.1) is 0 Å². The number of rotatable bonds is 1. The zero-order chi connectivity index (χ0) is 10.3. The zero-order valence-electron chi connectivity index (χ0n) is 8.16. The van der Waals surface area contributed by atoms with Crippen LogP contribution >= 0.6 is 0 Å². The number of hydrogen-bond donors (Lipinski definition) is 2. The molecule has 1 aliphatic heterocycles. The van der Waals surface area contributed by atoms with Gasteiger partial charge >= 0.3 is 0 Å². The van der Waals surface area contributed by atoms with Crippen LogP contribution in [0.4, 0.5) is 5.95 Å². The van der Waals surface area contributed by atoms with Crippen LogP contribution in [0, 0.1) is 0 Å². The molecule has 1 aromatic carbocycles. The van der Waals surface area contributed by atoms with Crippen molar-refractivity contribution < 1.29 is 4.74 Å². The highest BCUT2D eigenvalue weighted by molar-refractivity contribution is 5.70. The van der Waals surface area contributed by atoms with E-state index in [0.29, 0.717) is 5.95 Å². The molecule has 0 aliphatic carbocycles. The number of nitrogens with two attached hydrogens (primary N) is 1. The number of ether oxygens (including phenoxy) is 1. The van der Waals surface area contributed by atoms with Gasteiger partial charge in [-0.2, -0.15) is 0 Å². The molecule has 3 N–H and O–H groups in total. The number of H-pyrrole nitrogens is 1. The van der Waals surface area contributed by atoms with Gasteiger partial charge in [-0.1, -0.05) is 12.1 Å². The van der Waals surface area contributed by atoms with Crippen molar-refractivity contribution in [2.75, 3.05) is 12.3 Å². The molecule has 15 heavy (non-hydrogen) atoms. The van der Waals surface area contributed by atoms with Crippen LogP contribution in [-0.4, -0.2) is 16.6 Å². The summed E-state index contributed by atoms with van der Waals surface area (Å²) >= 11 is 0. The Labute approximate surface area is 87.1 Å². The Morgan fingerprint density at radius 3 is 3.13 bits per heavy atom. The first kappa shape index (κ1) is 8.35. The van der Waals surface area contributed by atoms with Gasteiger partial charge in [-0.25, -0.2) is 4.98 Å². The van der Waals surface area contributed by atoms with E-state index in [1.54, 1.807) is 6.20 Å². The molecular weight excluding hydrogens is 190 g/mol. The Balaban J connectivity index is 2.16. The second kappa shape index (κ2) is 3.02. The van der Waals surface area contributed by atoms with Gasteiger partial charge in [-0.05, 0) is 11.6 Å². The van der Waals surface area contributed by atoms with Crippen LogP contribution in [0.1, 0.15) is 5.56 Å². The Kier molecular flexibility index (Phi) is 1.68. The number of nitrogen functional groups attached to an aromatic ring is 1. The van der Waals surface area contributed by atoms with Crippen molar-refractivity contribution >= 4 is 5.95 Å². The van der Waals surface area contributed by atoms with E-state index in [1.165, 1.54) is 5.56 Å². The monoisotopic (exact) mass is 201 g/mol. The summed E-state index contributed by atoms with van der Waals surface area (Å²) in [6.45, 7) is 0.760. The molecule has 0 saturated carbocycles. The van der Waals surface area contributed by atoms with Crippen molar-refractivity contribution in [2.45, 2.75) is 6.42 Å². The van der Waals surface area contributed by atoms with E-state index < -0.39 is 0 Å². The number of benzene rings is 1. The SMILES string of the molecule is Nc1ncc(-c2cccc3c2OCC3)[nH]1. The molecule has 0 radical (unpaired) electrons. The predicted molar refractivity (Wildman–Crippen MR) is 57.6 cm³/mol. The quantitative estimate of drug-likeness (QED) is 0.736. The Hall–Kier alpha value is -1.97. The summed E-state index contributed by atoms with van der Waals surface area (Å²) < 4.78 is 5.60. The van der Waals surface area contributed by atoms with Crippen molar-refractivity contribution in [3.8, 4) is 17.0 Å². The van der Waals surface area contributed by atoms with Crippen LogP contribution in [0.25, 0.3) is 11.3 Å². The number of hydrogen-bond acceptors (Lipinski definition) is 3. The van der Waals surface area contributed by atoms with E-state index in [1.807, 2.05) is 12.1 Å². The van der Waals surface area contributed by atoms with Gasteiger partial charge in [-0.3, -0.25) is 0 Å². The summed E-state index contributed by atoms with van der Waals surface area (Å²) in [4.78, 5) is 6.99. The summed E-state index contributed by atoms with van der Waals surface area (Å²) in [7, 11) is 0. The molecule has 2 aromatic rings. The number of nitrogens with zero attached hydrogens (tertiary/aromatic N) is 1. The molecule has 1 aliphatic rings. The van der Waals surface area contributed by atoms with E-state index in [2.05, 4.69) is 16.0 Å². The normalized spacial score (nSPS) is 13.6. The summed E-state index contributed by atoms with van der Waals surface area (Å²) in [6, 6.07) is 6.13. The first-order chi connectivity index (χ1) is 7.34. The van der Waals surface area contributed by atoms with Crippen LogP contribution in [0.2, 0.25) is 0 Å². The second-order valence-corrected chi connectivity index (χ2v) is 3.57. The molecule has 1 aromatic heterocycles. The minimum atomic E-state index is 0.431. The fourth-order valence-electron chi connectivity index (χ4n) is 1.90. The molecule has 0 spiro atoms. The molecule has 2 heterocycles. The average molecular weight is 201 g/mol. The Bertz CT molecular complexity index is 504. The van der Waals surface area contributed by atoms with Gasteiger partial charge in [0.25, 0.3) is 0 Å². The van der Waals surface area contributed by atoms with Crippen LogP contribution < -0.4 is 10.5 Å². The highest BCUT2D eigenvalue weighted by Crippen LogP contribution is 2.35. The van der Waals surface area contributed by atoms with Crippen LogP contribution in [0.3, 0.4) is 0 Å². The summed E-state index contributed by atoms with van der Waals surface area (Å²) in [5.74, 6) is 1.39. The molecular formula is C11H11N3O. The number of imidazole rings is 1. The minimum Gasteiger partial charge on any atom is -0.492 e. The van der Waals surface area contributed by atoms with Crippen molar-refractivity contribution in [1.82, 2.24) is 9.97 Å². The van der Waals surface area contributed by atoms with Gasteiger partial charge in [0, 0.05) is 12.0 Å². The number of aromatic amines is 1. The first-order valence-corrected chi connectivity index (χ1v) is 4.90.